The Morgan fingerprint density at radius 2 is 1.69 bits per heavy atom. The molecule has 2 aliphatic carbocycles. The lowest BCUT2D eigenvalue weighted by Crippen LogP contribution is -2.61. The Morgan fingerprint density at radius 3 is 2.40 bits per heavy atom. The number of benzene rings is 2. The summed E-state index contributed by atoms with van der Waals surface area (Å²) in [4.78, 5) is 20.8. The van der Waals surface area contributed by atoms with Crippen LogP contribution in [0.3, 0.4) is 0 Å². The highest BCUT2D eigenvalue weighted by molar-refractivity contribution is 6.06. The fraction of sp³-hybridized carbons (Fsp3) is 0.464. The van der Waals surface area contributed by atoms with E-state index in [1.54, 1.807) is 19.2 Å². The van der Waals surface area contributed by atoms with Crippen molar-refractivity contribution in [3.05, 3.63) is 59.9 Å². The van der Waals surface area contributed by atoms with E-state index < -0.39 is 0 Å². The second-order valence-corrected chi connectivity index (χ2v) is 10.2. The molecule has 2 fully saturated rings. The third-order valence-electron chi connectivity index (χ3n) is 8.36. The van der Waals surface area contributed by atoms with Gasteiger partial charge < -0.3 is 4.74 Å². The highest BCUT2D eigenvalue weighted by Gasteiger charge is 2.55. The van der Waals surface area contributed by atoms with Crippen LogP contribution in [-0.2, 0) is 5.54 Å². The first-order valence-corrected chi connectivity index (χ1v) is 12.8. The van der Waals surface area contributed by atoms with Gasteiger partial charge in [-0.05, 0) is 74.2 Å². The maximum absolute atomic E-state index is 13.9. The van der Waals surface area contributed by atoms with Gasteiger partial charge in [-0.25, -0.2) is 9.07 Å². The summed E-state index contributed by atoms with van der Waals surface area (Å²) in [5.74, 6) is 1.92. The molecular weight excluding hydrogens is 443 g/mol. The lowest BCUT2D eigenvalue weighted by molar-refractivity contribution is 0.0314. The van der Waals surface area contributed by atoms with Crippen molar-refractivity contribution in [2.75, 3.05) is 12.0 Å². The molecule has 1 aliphatic heterocycles. The normalized spacial score (nSPS) is 23.0. The fourth-order valence-electron chi connectivity index (χ4n) is 6.69. The van der Waals surface area contributed by atoms with Crippen LogP contribution in [0, 0.1) is 11.7 Å². The van der Waals surface area contributed by atoms with E-state index in [4.69, 9.17) is 14.8 Å². The average molecular weight is 475 g/mol. The first-order valence-electron chi connectivity index (χ1n) is 12.8. The third-order valence-corrected chi connectivity index (χ3v) is 8.36. The van der Waals surface area contributed by atoms with Gasteiger partial charge in [0, 0.05) is 23.1 Å². The fourth-order valence-corrected chi connectivity index (χ4v) is 6.69. The van der Waals surface area contributed by atoms with Gasteiger partial charge in [0.2, 0.25) is 5.95 Å². The summed E-state index contributed by atoms with van der Waals surface area (Å²) in [5, 5.41) is 5.10. The van der Waals surface area contributed by atoms with Gasteiger partial charge in [0.25, 0.3) is 5.91 Å². The van der Waals surface area contributed by atoms with Crippen LogP contribution >= 0.6 is 0 Å². The molecule has 1 spiro atoms. The highest BCUT2D eigenvalue weighted by atomic mass is 19.1. The topological polar surface area (TPSA) is 60.2 Å². The lowest BCUT2D eigenvalue weighted by atomic mass is 9.64. The first-order chi connectivity index (χ1) is 17.1. The third kappa shape index (κ3) is 3.63. The molecular formula is C28H31FN4O2. The molecule has 2 aromatic carbocycles. The van der Waals surface area contributed by atoms with Gasteiger partial charge in [-0.3, -0.25) is 9.69 Å². The zero-order valence-corrected chi connectivity index (χ0v) is 20.1. The van der Waals surface area contributed by atoms with Gasteiger partial charge in [-0.1, -0.05) is 32.1 Å². The molecule has 2 atom stereocenters. The number of nitrogens with zero attached hydrogens (tertiary/aromatic N) is 4. The van der Waals surface area contributed by atoms with Gasteiger partial charge >= 0.3 is 0 Å². The quantitative estimate of drug-likeness (QED) is 0.469. The summed E-state index contributed by atoms with van der Waals surface area (Å²) in [5.41, 5.74) is 1.28. The zero-order chi connectivity index (χ0) is 24.0. The number of halogens is 1. The van der Waals surface area contributed by atoms with E-state index in [1.807, 2.05) is 29.2 Å². The summed E-state index contributed by atoms with van der Waals surface area (Å²) >= 11 is 0. The second kappa shape index (κ2) is 8.77. The molecule has 3 aliphatic rings. The van der Waals surface area contributed by atoms with Gasteiger partial charge in [0.1, 0.15) is 11.6 Å². The predicted molar refractivity (Wildman–Crippen MR) is 132 cm³/mol. The van der Waals surface area contributed by atoms with Crippen LogP contribution in [0.1, 0.15) is 68.1 Å². The minimum atomic E-state index is -0.346. The number of aromatic nitrogens is 3. The molecule has 2 saturated carbocycles. The van der Waals surface area contributed by atoms with E-state index in [9.17, 15) is 9.18 Å². The molecule has 1 aromatic heterocycles. The molecule has 2 heterocycles. The minimum absolute atomic E-state index is 0.0832. The average Bonchev–Trinajstić information content (AvgIpc) is 3.36. The van der Waals surface area contributed by atoms with Crippen LogP contribution < -0.4 is 9.64 Å². The van der Waals surface area contributed by atoms with Crippen molar-refractivity contribution in [2.45, 2.75) is 69.4 Å². The largest absolute Gasteiger partial charge is 0.497 e. The van der Waals surface area contributed by atoms with Crippen molar-refractivity contribution in [3.8, 4) is 17.1 Å². The summed E-state index contributed by atoms with van der Waals surface area (Å²) in [6.07, 6.45) is 10.1. The Hall–Kier alpha value is -3.22. The van der Waals surface area contributed by atoms with E-state index in [2.05, 4.69) is 4.68 Å². The molecule has 0 saturated heterocycles. The van der Waals surface area contributed by atoms with Gasteiger partial charge in [0.15, 0.2) is 5.82 Å². The molecule has 35 heavy (non-hydrogen) atoms. The molecule has 0 bridgehead atoms. The molecule has 3 aromatic rings. The van der Waals surface area contributed by atoms with Crippen molar-refractivity contribution < 1.29 is 13.9 Å². The van der Waals surface area contributed by atoms with E-state index in [0.717, 1.165) is 43.4 Å². The Labute approximate surface area is 205 Å². The second-order valence-electron chi connectivity index (χ2n) is 10.2. The summed E-state index contributed by atoms with van der Waals surface area (Å²) in [7, 11) is 1.65. The molecule has 1 amide bonds. The van der Waals surface area contributed by atoms with Gasteiger partial charge in [0.05, 0.1) is 12.6 Å². The Bertz CT molecular complexity index is 1210. The van der Waals surface area contributed by atoms with Gasteiger partial charge in [-0.15, -0.1) is 5.10 Å². The lowest BCUT2D eigenvalue weighted by Gasteiger charge is -2.55. The predicted octanol–water partition coefficient (Wildman–Crippen LogP) is 5.97. The number of rotatable bonds is 3. The zero-order valence-electron chi connectivity index (χ0n) is 20.1. The standard InChI is InChI=1S/C28H31FN4O2/c1-35-22-15-11-19(12-16-22)25-30-27-32(26(34)20-9-13-21(29)14-10-20)24-8-4-3-7-23(24)28(33(27)31-25)17-5-2-6-18-28/h9-16,23-24H,2-8,17-18H2,1H3. The molecule has 0 radical (unpaired) electrons. The van der Waals surface area contributed by atoms with Crippen molar-refractivity contribution in [1.82, 2.24) is 14.8 Å². The van der Waals surface area contributed by atoms with Crippen molar-refractivity contribution >= 4 is 11.9 Å². The maximum atomic E-state index is 13.9. The van der Waals surface area contributed by atoms with Crippen LogP contribution in [0.4, 0.5) is 10.3 Å². The van der Waals surface area contributed by atoms with E-state index in [-0.39, 0.29) is 23.3 Å². The number of fused-ring (bicyclic) bond motifs is 4. The van der Waals surface area contributed by atoms with E-state index in [1.165, 1.54) is 37.8 Å². The minimum Gasteiger partial charge on any atom is -0.497 e. The van der Waals surface area contributed by atoms with Crippen LogP contribution in [0.25, 0.3) is 11.4 Å². The smallest absolute Gasteiger partial charge is 0.260 e. The van der Waals surface area contributed by atoms with Crippen molar-refractivity contribution in [3.63, 3.8) is 0 Å². The van der Waals surface area contributed by atoms with E-state index in [0.29, 0.717) is 23.3 Å². The molecule has 6 nitrogen and oxygen atoms in total. The Balaban J connectivity index is 1.51. The van der Waals surface area contributed by atoms with Crippen molar-refractivity contribution in [2.24, 2.45) is 5.92 Å². The number of anilines is 1. The molecule has 2 unspecified atom stereocenters. The molecule has 182 valence electrons. The van der Waals surface area contributed by atoms with E-state index >= 15 is 0 Å². The molecule has 0 N–H and O–H groups in total. The number of hydrogen-bond acceptors (Lipinski definition) is 4. The summed E-state index contributed by atoms with van der Waals surface area (Å²) in [6.45, 7) is 0. The Morgan fingerprint density at radius 1 is 0.971 bits per heavy atom. The van der Waals surface area contributed by atoms with Crippen LogP contribution in [0.15, 0.2) is 48.5 Å². The van der Waals surface area contributed by atoms with Gasteiger partial charge in [-0.2, -0.15) is 4.98 Å². The number of ether oxygens (including phenoxy) is 1. The molecule has 6 rings (SSSR count). The Kier molecular flexibility index (Phi) is 5.58. The number of carbonyl (C=O) groups excluding carboxylic acids is 1. The SMILES string of the molecule is COc1ccc(-c2nc3n(n2)C2(CCCCC2)C2CCCCC2N3C(=O)c2ccc(F)cc2)cc1. The number of carbonyl (C=O) groups is 1. The number of methoxy groups -OCH3 is 1. The van der Waals surface area contributed by atoms with Crippen molar-refractivity contribution in [1.29, 1.82) is 0 Å². The molecule has 7 heteroatoms. The van der Waals surface area contributed by atoms with Crippen LogP contribution in [0.2, 0.25) is 0 Å². The first kappa shape index (κ1) is 22.3. The monoisotopic (exact) mass is 474 g/mol. The van der Waals surface area contributed by atoms with Crippen LogP contribution in [0.5, 0.6) is 5.75 Å². The maximum Gasteiger partial charge on any atom is 0.260 e. The summed E-state index contributed by atoms with van der Waals surface area (Å²) in [6, 6.07) is 13.7. The summed E-state index contributed by atoms with van der Waals surface area (Å²) < 4.78 is 21.1. The number of amides is 1. The number of hydrogen-bond donors (Lipinski definition) is 0. The van der Waals surface area contributed by atoms with Crippen LogP contribution in [-0.4, -0.2) is 33.8 Å². The highest BCUT2D eigenvalue weighted by Crippen LogP contribution is 2.53.